The third kappa shape index (κ3) is 5.57. The number of benzene rings is 1. The maximum absolute atomic E-state index is 12.7. The first-order valence-electron chi connectivity index (χ1n) is 11.8. The summed E-state index contributed by atoms with van der Waals surface area (Å²) >= 11 is 1.35. The standard InChI is InChI=1S/C26H28N6O2S/c1-19-8-3-4-10-22(19)25-29-30-26(32(25)17-21-9-7-15-34-21)35-18-24(33)28-20-11-12-23(27-16-20)31-13-5-2-6-14-31/h3-4,7-12,15-16H,2,5-6,13-14,17-18H2,1H3,(H,28,33). The molecule has 1 fully saturated rings. The molecule has 0 bridgehead atoms. The molecule has 180 valence electrons. The van der Waals surface area contributed by atoms with E-state index in [0.717, 1.165) is 41.6 Å². The molecule has 1 amide bonds. The topological polar surface area (TPSA) is 89.1 Å². The highest BCUT2D eigenvalue weighted by molar-refractivity contribution is 7.99. The number of aromatic nitrogens is 4. The van der Waals surface area contributed by atoms with Gasteiger partial charge in [-0.25, -0.2) is 4.98 Å². The minimum absolute atomic E-state index is 0.118. The van der Waals surface area contributed by atoms with E-state index in [2.05, 4.69) is 25.4 Å². The smallest absolute Gasteiger partial charge is 0.234 e. The average molecular weight is 489 g/mol. The molecule has 1 saturated heterocycles. The number of nitrogens with zero attached hydrogens (tertiary/aromatic N) is 5. The van der Waals surface area contributed by atoms with E-state index in [1.807, 2.05) is 60.0 Å². The summed E-state index contributed by atoms with van der Waals surface area (Å²) in [6.07, 6.45) is 7.06. The van der Waals surface area contributed by atoms with Crippen LogP contribution in [0.4, 0.5) is 11.5 Å². The zero-order valence-electron chi connectivity index (χ0n) is 19.7. The number of aryl methyl sites for hydroxylation is 1. The van der Waals surface area contributed by atoms with E-state index in [1.165, 1.54) is 31.0 Å². The lowest BCUT2D eigenvalue weighted by molar-refractivity contribution is -0.113. The summed E-state index contributed by atoms with van der Waals surface area (Å²) in [7, 11) is 0. The minimum Gasteiger partial charge on any atom is -0.467 e. The van der Waals surface area contributed by atoms with Crippen LogP contribution in [0.15, 0.2) is 70.6 Å². The number of pyridine rings is 1. The molecule has 4 heterocycles. The van der Waals surface area contributed by atoms with Crippen LogP contribution in [0.25, 0.3) is 11.4 Å². The van der Waals surface area contributed by atoms with E-state index in [0.29, 0.717) is 17.4 Å². The fourth-order valence-electron chi connectivity index (χ4n) is 4.22. The average Bonchev–Trinajstić information content (AvgIpc) is 3.55. The van der Waals surface area contributed by atoms with Crippen LogP contribution in [0.5, 0.6) is 0 Å². The monoisotopic (exact) mass is 488 g/mol. The van der Waals surface area contributed by atoms with Crippen molar-refractivity contribution in [1.82, 2.24) is 19.7 Å². The van der Waals surface area contributed by atoms with E-state index >= 15 is 0 Å². The molecule has 1 aliphatic heterocycles. The summed E-state index contributed by atoms with van der Waals surface area (Å²) in [6.45, 7) is 4.61. The molecule has 1 N–H and O–H groups in total. The van der Waals surface area contributed by atoms with Crippen molar-refractivity contribution in [1.29, 1.82) is 0 Å². The van der Waals surface area contributed by atoms with Gasteiger partial charge in [0.15, 0.2) is 11.0 Å². The second-order valence-corrected chi connectivity index (χ2v) is 9.52. The van der Waals surface area contributed by atoms with Crippen molar-refractivity contribution in [3.63, 3.8) is 0 Å². The maximum atomic E-state index is 12.7. The van der Waals surface area contributed by atoms with Gasteiger partial charge in [0.1, 0.15) is 11.6 Å². The van der Waals surface area contributed by atoms with Crippen molar-refractivity contribution < 1.29 is 9.21 Å². The van der Waals surface area contributed by atoms with Crippen molar-refractivity contribution in [3.8, 4) is 11.4 Å². The van der Waals surface area contributed by atoms with Crippen molar-refractivity contribution in [2.24, 2.45) is 0 Å². The molecular formula is C26H28N6O2S. The number of carbonyl (C=O) groups is 1. The van der Waals surface area contributed by atoms with Crippen LogP contribution in [0.3, 0.4) is 0 Å². The first kappa shape index (κ1) is 23.2. The Balaban J connectivity index is 1.26. The zero-order valence-corrected chi connectivity index (χ0v) is 20.5. The molecule has 0 spiro atoms. The van der Waals surface area contributed by atoms with Crippen molar-refractivity contribution in [2.75, 3.05) is 29.1 Å². The van der Waals surface area contributed by atoms with Crippen molar-refractivity contribution in [2.45, 2.75) is 37.9 Å². The number of amides is 1. The van der Waals surface area contributed by atoms with Gasteiger partial charge in [0.25, 0.3) is 0 Å². The van der Waals surface area contributed by atoms with E-state index in [4.69, 9.17) is 4.42 Å². The fraction of sp³-hybridized carbons (Fsp3) is 0.308. The van der Waals surface area contributed by atoms with Gasteiger partial charge in [-0.05, 0) is 56.0 Å². The third-order valence-electron chi connectivity index (χ3n) is 6.04. The summed E-state index contributed by atoms with van der Waals surface area (Å²) in [5, 5.41) is 12.4. The van der Waals surface area contributed by atoms with E-state index in [-0.39, 0.29) is 11.7 Å². The van der Waals surface area contributed by atoms with Gasteiger partial charge >= 0.3 is 0 Å². The summed E-state index contributed by atoms with van der Waals surface area (Å²) < 4.78 is 7.56. The van der Waals surface area contributed by atoms with Crippen LogP contribution in [-0.2, 0) is 11.3 Å². The van der Waals surface area contributed by atoms with Gasteiger partial charge in [-0.1, -0.05) is 36.0 Å². The Morgan fingerprint density at radius 1 is 1.06 bits per heavy atom. The van der Waals surface area contributed by atoms with Crippen molar-refractivity contribution in [3.05, 3.63) is 72.3 Å². The number of rotatable bonds is 8. The normalized spacial score (nSPS) is 13.7. The molecule has 8 nitrogen and oxygen atoms in total. The Labute approximate surface area is 208 Å². The molecule has 0 atom stereocenters. The molecule has 0 saturated carbocycles. The molecule has 35 heavy (non-hydrogen) atoms. The predicted molar refractivity (Wildman–Crippen MR) is 138 cm³/mol. The quantitative estimate of drug-likeness (QED) is 0.349. The summed E-state index contributed by atoms with van der Waals surface area (Å²) in [5.41, 5.74) is 2.80. The molecule has 3 aromatic heterocycles. The fourth-order valence-corrected chi connectivity index (χ4v) is 4.95. The second kappa shape index (κ2) is 10.8. The first-order chi connectivity index (χ1) is 17.2. The molecule has 1 aliphatic rings. The number of piperidine rings is 1. The van der Waals surface area contributed by atoms with Crippen molar-refractivity contribution >= 4 is 29.2 Å². The number of hydrogen-bond acceptors (Lipinski definition) is 7. The second-order valence-electron chi connectivity index (χ2n) is 8.58. The number of nitrogens with one attached hydrogen (secondary N) is 1. The minimum atomic E-state index is -0.118. The lowest BCUT2D eigenvalue weighted by atomic mass is 10.1. The van der Waals surface area contributed by atoms with Gasteiger partial charge < -0.3 is 14.6 Å². The molecule has 5 rings (SSSR count). The zero-order chi connectivity index (χ0) is 24.0. The summed E-state index contributed by atoms with van der Waals surface area (Å²) in [5.74, 6) is 2.60. The first-order valence-corrected chi connectivity index (χ1v) is 12.8. The van der Waals surface area contributed by atoms with Crippen LogP contribution in [0.1, 0.15) is 30.6 Å². The van der Waals surface area contributed by atoms with Gasteiger partial charge in [0, 0.05) is 18.7 Å². The van der Waals surface area contributed by atoms with Crippen LogP contribution in [-0.4, -0.2) is 44.5 Å². The van der Waals surface area contributed by atoms with Gasteiger partial charge in [0.05, 0.1) is 30.4 Å². The van der Waals surface area contributed by atoms with Crippen LogP contribution in [0.2, 0.25) is 0 Å². The Bertz CT molecular complexity index is 1260. The number of thioether (sulfide) groups is 1. The van der Waals surface area contributed by atoms with Gasteiger partial charge in [-0.15, -0.1) is 10.2 Å². The lowest BCUT2D eigenvalue weighted by Crippen LogP contribution is -2.30. The Morgan fingerprint density at radius 2 is 1.91 bits per heavy atom. The Kier molecular flexibility index (Phi) is 7.13. The molecule has 4 aromatic rings. The maximum Gasteiger partial charge on any atom is 0.234 e. The summed E-state index contributed by atoms with van der Waals surface area (Å²) in [6, 6.07) is 15.7. The van der Waals surface area contributed by atoms with Crippen LogP contribution in [0, 0.1) is 6.92 Å². The number of furan rings is 1. The van der Waals surface area contributed by atoms with Gasteiger partial charge in [-0.3, -0.25) is 9.36 Å². The van der Waals surface area contributed by atoms with E-state index in [1.54, 1.807) is 12.5 Å². The molecule has 9 heteroatoms. The third-order valence-corrected chi connectivity index (χ3v) is 7.01. The largest absolute Gasteiger partial charge is 0.467 e. The van der Waals surface area contributed by atoms with Crippen LogP contribution >= 0.6 is 11.8 Å². The predicted octanol–water partition coefficient (Wildman–Crippen LogP) is 5.01. The molecule has 0 aliphatic carbocycles. The number of hydrogen-bond donors (Lipinski definition) is 1. The van der Waals surface area contributed by atoms with E-state index in [9.17, 15) is 4.79 Å². The Morgan fingerprint density at radius 3 is 2.66 bits per heavy atom. The number of carbonyl (C=O) groups excluding carboxylic acids is 1. The summed E-state index contributed by atoms with van der Waals surface area (Å²) in [4.78, 5) is 19.5. The Hall–Kier alpha value is -3.59. The highest BCUT2D eigenvalue weighted by atomic mass is 32.2. The molecule has 0 unspecified atom stereocenters. The van der Waals surface area contributed by atoms with Gasteiger partial charge in [0.2, 0.25) is 5.91 Å². The number of anilines is 2. The highest BCUT2D eigenvalue weighted by Gasteiger charge is 2.18. The van der Waals surface area contributed by atoms with Gasteiger partial charge in [-0.2, -0.15) is 0 Å². The van der Waals surface area contributed by atoms with E-state index < -0.39 is 0 Å². The van der Waals surface area contributed by atoms with Crippen LogP contribution < -0.4 is 10.2 Å². The SMILES string of the molecule is Cc1ccccc1-c1nnc(SCC(=O)Nc2ccc(N3CCCCC3)nc2)n1Cc1ccco1. The molecular weight excluding hydrogens is 460 g/mol. The lowest BCUT2D eigenvalue weighted by Gasteiger charge is -2.27. The molecule has 1 aromatic carbocycles. The molecule has 0 radical (unpaired) electrons. The highest BCUT2D eigenvalue weighted by Crippen LogP contribution is 2.27.